The number of carbonyl (C=O) groups excluding carboxylic acids is 1. The van der Waals surface area contributed by atoms with Crippen LogP contribution in [-0.2, 0) is 14.4 Å². The van der Waals surface area contributed by atoms with E-state index in [1.807, 2.05) is 0 Å². The van der Waals surface area contributed by atoms with Gasteiger partial charge in [-0.3, -0.25) is 14.4 Å². The minimum absolute atomic E-state index is 0.222. The van der Waals surface area contributed by atoms with E-state index in [1.54, 1.807) is 0 Å². The number of rotatable bonds is 8. The van der Waals surface area contributed by atoms with E-state index in [1.165, 1.54) is 0 Å². The molecule has 0 unspecified atom stereocenters. The molecule has 0 fully saturated rings. The van der Waals surface area contributed by atoms with Crippen molar-refractivity contribution in [2.75, 3.05) is 6.54 Å². The highest BCUT2D eigenvalue weighted by Crippen LogP contribution is 2.09. The van der Waals surface area contributed by atoms with Crippen LogP contribution in [0.15, 0.2) is 0 Å². The minimum atomic E-state index is -1.77. The minimum Gasteiger partial charge on any atom is -0.480 e. The van der Waals surface area contributed by atoms with Crippen LogP contribution in [0.3, 0.4) is 0 Å². The summed E-state index contributed by atoms with van der Waals surface area (Å²) in [6.45, 7) is 0.440. The fraction of sp³-hybridized carbons (Fsp3) is 0.556. The number of carboxylic acids is 2. The van der Waals surface area contributed by atoms with E-state index in [2.05, 4.69) is 0 Å². The first-order valence-corrected chi connectivity index (χ1v) is 4.75. The molecule has 0 bridgehead atoms. The van der Waals surface area contributed by atoms with E-state index in [0.717, 1.165) is 0 Å². The summed E-state index contributed by atoms with van der Waals surface area (Å²) in [5.41, 5.74) is 10.6. The molecule has 7 heteroatoms. The molecule has 0 aromatic rings. The average molecular weight is 231 g/mol. The predicted molar refractivity (Wildman–Crippen MR) is 54.4 cm³/mol. The number of ketones is 1. The van der Waals surface area contributed by atoms with Gasteiger partial charge in [0.15, 0.2) is 5.78 Å². The van der Waals surface area contributed by atoms with E-state index in [0.29, 0.717) is 19.4 Å². The number of hydrogen-bond acceptors (Lipinski definition) is 5. The molecule has 0 saturated heterocycles. The summed E-state index contributed by atoms with van der Waals surface area (Å²) in [6.07, 6.45) is 1.42. The lowest BCUT2D eigenvalue weighted by molar-refractivity contribution is -0.146. The number of aliphatic carboxylic acids is 2. The molecular weight excluding hydrogens is 216 g/mol. The van der Waals surface area contributed by atoms with Crippen molar-refractivity contribution < 1.29 is 24.6 Å². The van der Waals surface area contributed by atoms with Gasteiger partial charge in [-0.25, -0.2) is 0 Å². The molecule has 0 aromatic carbocycles. The Bertz CT molecular complexity index is 265. The lowest BCUT2D eigenvalue weighted by Gasteiger charge is -2.12. The fourth-order valence-electron chi connectivity index (χ4n) is 1.13. The second-order valence-corrected chi connectivity index (χ2v) is 3.24. The third-order valence-electron chi connectivity index (χ3n) is 1.98. The van der Waals surface area contributed by atoms with Crippen LogP contribution < -0.4 is 11.5 Å². The second kappa shape index (κ2) is 6.91. The Morgan fingerprint density at radius 2 is 1.56 bits per heavy atom. The quantitative estimate of drug-likeness (QED) is 0.302. The standard InChI is InChI=1S/C9H15N2O5/c10-4-2-1-3-5(11)7(12)6(8(13)14)9(15)16/h5H,1-4,10-11H2,(H,13,14)(H,15,16)/t5-/m0/s1. The van der Waals surface area contributed by atoms with Gasteiger partial charge < -0.3 is 21.7 Å². The molecule has 91 valence electrons. The average Bonchev–Trinajstić information content (AvgIpc) is 2.16. The molecule has 0 aliphatic rings. The summed E-state index contributed by atoms with van der Waals surface area (Å²) in [5.74, 6) is -5.80. The van der Waals surface area contributed by atoms with E-state index < -0.39 is 29.7 Å². The molecule has 1 radical (unpaired) electrons. The van der Waals surface area contributed by atoms with Crippen LogP contribution in [0.1, 0.15) is 19.3 Å². The van der Waals surface area contributed by atoms with Crippen molar-refractivity contribution in [1.29, 1.82) is 0 Å². The van der Waals surface area contributed by atoms with Crippen molar-refractivity contribution in [3.63, 3.8) is 0 Å². The maximum absolute atomic E-state index is 11.4. The molecule has 0 heterocycles. The summed E-state index contributed by atoms with van der Waals surface area (Å²) < 4.78 is 0. The highest BCUT2D eigenvalue weighted by Gasteiger charge is 2.38. The van der Waals surface area contributed by atoms with Crippen LogP contribution in [0.2, 0.25) is 0 Å². The first-order valence-electron chi connectivity index (χ1n) is 4.75. The van der Waals surface area contributed by atoms with Crippen molar-refractivity contribution in [2.24, 2.45) is 11.5 Å². The van der Waals surface area contributed by atoms with E-state index in [4.69, 9.17) is 21.7 Å². The summed E-state index contributed by atoms with van der Waals surface area (Å²) >= 11 is 0. The van der Waals surface area contributed by atoms with Crippen LogP contribution in [-0.4, -0.2) is 40.5 Å². The van der Waals surface area contributed by atoms with Gasteiger partial charge in [0.05, 0.1) is 6.04 Å². The number of carbonyl (C=O) groups is 3. The van der Waals surface area contributed by atoms with Crippen molar-refractivity contribution in [1.82, 2.24) is 0 Å². The van der Waals surface area contributed by atoms with Crippen LogP contribution >= 0.6 is 0 Å². The molecule has 0 saturated carbocycles. The van der Waals surface area contributed by atoms with Gasteiger partial charge in [0, 0.05) is 0 Å². The summed E-state index contributed by atoms with van der Waals surface area (Å²) in [7, 11) is 0. The van der Waals surface area contributed by atoms with Crippen molar-refractivity contribution in [2.45, 2.75) is 25.3 Å². The Balaban J connectivity index is 4.38. The Hall–Kier alpha value is -1.47. The van der Waals surface area contributed by atoms with Gasteiger partial charge in [-0.05, 0) is 19.4 Å². The first-order chi connectivity index (χ1) is 7.41. The van der Waals surface area contributed by atoms with Gasteiger partial charge in [0.25, 0.3) is 5.92 Å². The topological polar surface area (TPSA) is 144 Å². The Kier molecular flexibility index (Phi) is 6.28. The number of Topliss-reactive ketones (excluding diaryl/α,β-unsaturated/α-hetero) is 1. The number of unbranched alkanes of at least 4 members (excludes halogenated alkanes) is 1. The zero-order chi connectivity index (χ0) is 12.7. The Morgan fingerprint density at radius 1 is 1.06 bits per heavy atom. The van der Waals surface area contributed by atoms with Crippen molar-refractivity contribution in [3.05, 3.63) is 5.92 Å². The molecule has 6 N–H and O–H groups in total. The SMILES string of the molecule is NCCCC[C@H](N)C(=O)[C](C(=O)O)C(=O)O. The van der Waals surface area contributed by atoms with E-state index >= 15 is 0 Å². The smallest absolute Gasteiger partial charge is 0.331 e. The molecule has 0 aromatic heterocycles. The van der Waals surface area contributed by atoms with Crippen LogP contribution in [0.25, 0.3) is 0 Å². The summed E-state index contributed by atoms with van der Waals surface area (Å²) in [6, 6.07) is -1.10. The summed E-state index contributed by atoms with van der Waals surface area (Å²) in [5, 5.41) is 17.0. The lowest BCUT2D eigenvalue weighted by atomic mass is 9.95. The van der Waals surface area contributed by atoms with Gasteiger partial charge in [0.2, 0.25) is 0 Å². The van der Waals surface area contributed by atoms with Crippen molar-refractivity contribution in [3.8, 4) is 0 Å². The molecule has 0 aliphatic heterocycles. The number of nitrogens with two attached hydrogens (primary N) is 2. The van der Waals surface area contributed by atoms with Gasteiger partial charge >= 0.3 is 11.9 Å². The molecule has 0 aliphatic carbocycles. The van der Waals surface area contributed by atoms with Gasteiger partial charge in [-0.1, -0.05) is 6.42 Å². The van der Waals surface area contributed by atoms with Gasteiger partial charge in [-0.15, -0.1) is 0 Å². The molecule has 0 amide bonds. The maximum Gasteiger partial charge on any atom is 0.331 e. The van der Waals surface area contributed by atoms with Crippen LogP contribution in [0.5, 0.6) is 0 Å². The molecule has 7 nitrogen and oxygen atoms in total. The van der Waals surface area contributed by atoms with Gasteiger partial charge in [-0.2, -0.15) is 0 Å². The first kappa shape index (κ1) is 14.5. The molecular formula is C9H15N2O5. The normalized spacial score (nSPS) is 12.4. The third-order valence-corrected chi connectivity index (χ3v) is 1.98. The zero-order valence-corrected chi connectivity index (χ0v) is 8.68. The maximum atomic E-state index is 11.4. The van der Waals surface area contributed by atoms with E-state index in [-0.39, 0.29) is 6.42 Å². The molecule has 0 rings (SSSR count). The zero-order valence-electron chi connectivity index (χ0n) is 8.68. The highest BCUT2D eigenvalue weighted by atomic mass is 16.4. The third kappa shape index (κ3) is 4.37. The van der Waals surface area contributed by atoms with Crippen LogP contribution in [0.4, 0.5) is 0 Å². The van der Waals surface area contributed by atoms with Crippen LogP contribution in [0, 0.1) is 5.92 Å². The summed E-state index contributed by atoms with van der Waals surface area (Å²) in [4.78, 5) is 32.4. The van der Waals surface area contributed by atoms with E-state index in [9.17, 15) is 14.4 Å². The highest BCUT2D eigenvalue weighted by molar-refractivity contribution is 6.31. The number of carboxylic acid groups (broad SMARTS) is 2. The Labute approximate surface area is 92.4 Å². The second-order valence-electron chi connectivity index (χ2n) is 3.24. The lowest BCUT2D eigenvalue weighted by Crippen LogP contribution is -2.41. The predicted octanol–water partition coefficient (Wildman–Crippen LogP) is -1.24. The molecule has 1 atom stereocenters. The molecule has 16 heavy (non-hydrogen) atoms. The number of hydrogen-bond donors (Lipinski definition) is 4. The van der Waals surface area contributed by atoms with Crippen molar-refractivity contribution >= 4 is 17.7 Å². The fourth-order valence-corrected chi connectivity index (χ4v) is 1.13. The monoisotopic (exact) mass is 231 g/mol. The largest absolute Gasteiger partial charge is 0.480 e. The van der Waals surface area contributed by atoms with Gasteiger partial charge in [0.1, 0.15) is 0 Å². The Morgan fingerprint density at radius 3 is 1.94 bits per heavy atom. The molecule has 0 spiro atoms.